The average Bonchev–Trinajstić information content (AvgIpc) is 3.54. The van der Waals surface area contributed by atoms with E-state index in [1.165, 1.54) is 12.1 Å². The Balaban J connectivity index is 1.51. The average molecular weight is 532 g/mol. The van der Waals surface area contributed by atoms with Gasteiger partial charge < -0.3 is 10.3 Å². The standard InChI is InChI=1S/C34H34FN5/c1-7-22(18-25(8-2)36-21(3)20-34(4,5)6)28-16-17-30-32(38-28)33(40-39-30)31-19-27-26(10-9-11-29(27)37-31)23-12-14-24(35)15-13-23/h7-19,36-37H,2-3,20H2,1,4-6H3,(H,39,40)/b22-7+,25-18+. The first kappa shape index (κ1) is 26.9. The minimum Gasteiger partial charge on any atom is -0.359 e. The fourth-order valence-corrected chi connectivity index (χ4v) is 4.92. The summed E-state index contributed by atoms with van der Waals surface area (Å²) in [6, 6.07) is 18.7. The fourth-order valence-electron chi connectivity index (χ4n) is 4.92. The number of halogens is 1. The molecule has 0 fully saturated rings. The third-order valence-corrected chi connectivity index (χ3v) is 6.68. The van der Waals surface area contributed by atoms with Crippen molar-refractivity contribution in [3.8, 4) is 22.5 Å². The smallest absolute Gasteiger partial charge is 0.135 e. The van der Waals surface area contributed by atoms with E-state index in [9.17, 15) is 4.39 Å². The molecule has 3 aromatic heterocycles. The molecule has 3 heterocycles. The van der Waals surface area contributed by atoms with Crippen LogP contribution in [0.4, 0.5) is 4.39 Å². The van der Waals surface area contributed by atoms with Gasteiger partial charge in [0.2, 0.25) is 0 Å². The molecule has 0 amide bonds. The zero-order valence-corrected chi connectivity index (χ0v) is 23.4. The van der Waals surface area contributed by atoms with Gasteiger partial charge in [-0.1, -0.05) is 64.3 Å². The van der Waals surface area contributed by atoms with E-state index in [4.69, 9.17) is 4.98 Å². The van der Waals surface area contributed by atoms with Crippen LogP contribution in [0.2, 0.25) is 0 Å². The molecule has 2 aromatic carbocycles. The number of fused-ring (bicyclic) bond motifs is 2. The summed E-state index contributed by atoms with van der Waals surface area (Å²) in [5.74, 6) is -0.253. The number of rotatable bonds is 8. The van der Waals surface area contributed by atoms with Crippen molar-refractivity contribution < 1.29 is 4.39 Å². The van der Waals surface area contributed by atoms with Crippen LogP contribution in [0, 0.1) is 11.2 Å². The van der Waals surface area contributed by atoms with Crippen molar-refractivity contribution in [1.82, 2.24) is 25.5 Å². The maximum Gasteiger partial charge on any atom is 0.135 e. The van der Waals surface area contributed by atoms with E-state index in [0.29, 0.717) is 0 Å². The van der Waals surface area contributed by atoms with E-state index >= 15 is 0 Å². The van der Waals surface area contributed by atoms with E-state index in [0.717, 1.165) is 73.5 Å². The second kappa shape index (κ2) is 10.8. The van der Waals surface area contributed by atoms with E-state index in [-0.39, 0.29) is 11.2 Å². The minimum atomic E-state index is -0.253. The topological polar surface area (TPSA) is 69.4 Å². The number of aromatic amines is 2. The van der Waals surface area contributed by atoms with Gasteiger partial charge in [0.25, 0.3) is 0 Å². The van der Waals surface area contributed by atoms with Crippen LogP contribution in [0.3, 0.4) is 0 Å². The molecule has 0 radical (unpaired) electrons. The second-order valence-corrected chi connectivity index (χ2v) is 11.1. The molecule has 5 nitrogen and oxygen atoms in total. The largest absolute Gasteiger partial charge is 0.359 e. The van der Waals surface area contributed by atoms with Crippen LogP contribution in [-0.2, 0) is 0 Å². The summed E-state index contributed by atoms with van der Waals surface area (Å²) in [6.07, 6.45) is 6.71. The lowest BCUT2D eigenvalue weighted by Gasteiger charge is -2.21. The maximum absolute atomic E-state index is 13.5. The van der Waals surface area contributed by atoms with Gasteiger partial charge in [0.1, 0.15) is 17.0 Å². The molecule has 0 unspecified atom stereocenters. The van der Waals surface area contributed by atoms with Crippen molar-refractivity contribution in [2.24, 2.45) is 5.41 Å². The molecule has 6 heteroatoms. The highest BCUT2D eigenvalue weighted by Crippen LogP contribution is 2.34. The summed E-state index contributed by atoms with van der Waals surface area (Å²) >= 11 is 0. The Labute approximate surface area is 234 Å². The van der Waals surface area contributed by atoms with Crippen LogP contribution >= 0.6 is 0 Å². The Morgan fingerprint density at radius 1 is 1.05 bits per heavy atom. The van der Waals surface area contributed by atoms with Gasteiger partial charge in [-0.05, 0) is 84.0 Å². The molecule has 3 N–H and O–H groups in total. The molecule has 0 aliphatic heterocycles. The zero-order valence-electron chi connectivity index (χ0n) is 23.4. The van der Waals surface area contributed by atoms with E-state index in [1.54, 1.807) is 18.2 Å². The molecule has 0 aliphatic carbocycles. The van der Waals surface area contributed by atoms with Crippen LogP contribution in [0.5, 0.6) is 0 Å². The molecule has 0 saturated heterocycles. The summed E-state index contributed by atoms with van der Waals surface area (Å²) in [6.45, 7) is 16.7. The van der Waals surface area contributed by atoms with Crippen molar-refractivity contribution in [1.29, 1.82) is 0 Å². The van der Waals surface area contributed by atoms with Gasteiger partial charge in [-0.3, -0.25) is 5.10 Å². The molecule has 0 bridgehead atoms. The third-order valence-electron chi connectivity index (χ3n) is 6.68. The van der Waals surface area contributed by atoms with Crippen LogP contribution in [0.25, 0.3) is 50.0 Å². The number of benzene rings is 2. The maximum atomic E-state index is 13.5. The molecule has 5 rings (SSSR count). The fraction of sp³-hybridized carbons (Fsp3) is 0.176. The Morgan fingerprint density at radius 2 is 1.82 bits per heavy atom. The highest BCUT2D eigenvalue weighted by Gasteiger charge is 2.16. The van der Waals surface area contributed by atoms with Gasteiger partial charge in [-0.25, -0.2) is 9.37 Å². The van der Waals surface area contributed by atoms with E-state index in [2.05, 4.69) is 60.5 Å². The van der Waals surface area contributed by atoms with Crippen LogP contribution < -0.4 is 5.32 Å². The second-order valence-electron chi connectivity index (χ2n) is 11.1. The third kappa shape index (κ3) is 5.66. The lowest BCUT2D eigenvalue weighted by molar-refractivity contribution is 0.403. The number of pyridine rings is 1. The molecular formula is C34H34FN5. The van der Waals surface area contributed by atoms with Crippen LogP contribution in [-0.4, -0.2) is 20.2 Å². The Bertz CT molecular complexity index is 1780. The highest BCUT2D eigenvalue weighted by molar-refractivity contribution is 6.00. The quantitative estimate of drug-likeness (QED) is 0.175. The van der Waals surface area contributed by atoms with Crippen molar-refractivity contribution in [3.63, 3.8) is 0 Å². The predicted octanol–water partition coefficient (Wildman–Crippen LogP) is 8.92. The van der Waals surface area contributed by atoms with Crippen LogP contribution in [0.1, 0.15) is 39.8 Å². The summed E-state index contributed by atoms with van der Waals surface area (Å²) in [5, 5.41) is 12.2. The lowest BCUT2D eigenvalue weighted by Crippen LogP contribution is -2.16. The molecule has 0 spiro atoms. The van der Waals surface area contributed by atoms with Gasteiger partial charge in [0.15, 0.2) is 0 Å². The summed E-state index contributed by atoms with van der Waals surface area (Å²) in [4.78, 5) is 8.52. The first-order valence-corrected chi connectivity index (χ1v) is 13.3. The first-order valence-electron chi connectivity index (χ1n) is 13.3. The van der Waals surface area contributed by atoms with Crippen molar-refractivity contribution in [2.75, 3.05) is 0 Å². The number of H-pyrrole nitrogens is 2. The van der Waals surface area contributed by atoms with Gasteiger partial charge in [0, 0.05) is 22.3 Å². The lowest BCUT2D eigenvalue weighted by atomic mass is 9.91. The van der Waals surface area contributed by atoms with E-state index < -0.39 is 0 Å². The van der Waals surface area contributed by atoms with Crippen molar-refractivity contribution in [3.05, 3.63) is 115 Å². The number of hydrogen-bond acceptors (Lipinski definition) is 3. The summed E-state index contributed by atoms with van der Waals surface area (Å²) < 4.78 is 13.5. The highest BCUT2D eigenvalue weighted by atomic mass is 19.1. The monoisotopic (exact) mass is 531 g/mol. The zero-order chi connectivity index (χ0) is 28.4. The number of nitrogens with one attached hydrogen (secondary N) is 3. The van der Waals surface area contributed by atoms with Crippen LogP contribution in [0.15, 0.2) is 103 Å². The molecule has 0 saturated carbocycles. The molecular weight excluding hydrogens is 497 g/mol. The Kier molecular flexibility index (Phi) is 7.26. The van der Waals surface area contributed by atoms with Gasteiger partial charge in [-0.2, -0.15) is 5.10 Å². The van der Waals surface area contributed by atoms with Gasteiger partial charge in [-0.15, -0.1) is 0 Å². The van der Waals surface area contributed by atoms with Gasteiger partial charge >= 0.3 is 0 Å². The number of aromatic nitrogens is 4. The molecule has 40 heavy (non-hydrogen) atoms. The van der Waals surface area contributed by atoms with Gasteiger partial charge in [0.05, 0.1) is 16.9 Å². The Morgan fingerprint density at radius 3 is 2.52 bits per heavy atom. The molecule has 0 aliphatic rings. The normalized spacial score (nSPS) is 12.7. The molecule has 5 aromatic rings. The number of hydrogen-bond donors (Lipinski definition) is 3. The minimum absolute atomic E-state index is 0.131. The molecule has 0 atom stereocenters. The van der Waals surface area contributed by atoms with E-state index in [1.807, 2.05) is 49.4 Å². The SMILES string of the molecule is C=C/C(=C\C(=C/C)c1ccc2[nH]nc(-c3cc4c(-c5ccc(F)cc5)cccc4[nH]3)c2n1)NC(=C)CC(C)(C)C. The Hall–Kier alpha value is -4.71. The molecule has 202 valence electrons. The summed E-state index contributed by atoms with van der Waals surface area (Å²) in [7, 11) is 0. The van der Waals surface area contributed by atoms with Crippen molar-refractivity contribution in [2.45, 2.75) is 34.1 Å². The van der Waals surface area contributed by atoms with Crippen molar-refractivity contribution >= 4 is 27.5 Å². The summed E-state index contributed by atoms with van der Waals surface area (Å²) in [5.41, 5.74) is 9.85. The first-order chi connectivity index (χ1) is 19.1. The predicted molar refractivity (Wildman–Crippen MR) is 165 cm³/mol. The number of nitrogens with zero attached hydrogens (tertiary/aromatic N) is 2. The number of allylic oxidation sites excluding steroid dienone is 5.